The minimum absolute atomic E-state index is 0.0524. The molecule has 4 nitrogen and oxygen atoms in total. The quantitative estimate of drug-likeness (QED) is 0.716. The molecule has 25 heavy (non-hydrogen) atoms. The summed E-state index contributed by atoms with van der Waals surface area (Å²) in [5.74, 6) is 0.869. The molecule has 6 heteroatoms. The van der Waals surface area contributed by atoms with E-state index in [9.17, 15) is 9.18 Å². The van der Waals surface area contributed by atoms with Crippen LogP contribution in [0.2, 0.25) is 0 Å². The van der Waals surface area contributed by atoms with E-state index in [1.165, 1.54) is 24.1 Å². The number of hydrogen-bond acceptors (Lipinski definition) is 4. The summed E-state index contributed by atoms with van der Waals surface area (Å²) >= 11 is 1.63. The van der Waals surface area contributed by atoms with Gasteiger partial charge in [0.15, 0.2) is 0 Å². The molecule has 1 aliphatic rings. The van der Waals surface area contributed by atoms with Crippen LogP contribution in [0, 0.1) is 11.7 Å². The standard InChI is InChI=1S/C19H19FN2O2S/c1-11-3-5-14-16(7-11)25-18-17(14)19(23)22(10-21-18)9-12-8-13(20)4-6-15(12)24-2/h4,6,8,10-11H,3,5,7,9H2,1-2H3/t11-/m0/s1. The van der Waals surface area contributed by atoms with Crippen LogP contribution in [-0.4, -0.2) is 16.7 Å². The van der Waals surface area contributed by atoms with Crippen LogP contribution in [0.3, 0.4) is 0 Å². The van der Waals surface area contributed by atoms with Crippen LogP contribution in [0.15, 0.2) is 29.3 Å². The molecule has 0 amide bonds. The fourth-order valence-corrected chi connectivity index (χ4v) is 4.87. The summed E-state index contributed by atoms with van der Waals surface area (Å²) in [7, 11) is 1.54. The summed E-state index contributed by atoms with van der Waals surface area (Å²) in [6.07, 6.45) is 4.61. The van der Waals surface area contributed by atoms with Gasteiger partial charge < -0.3 is 4.74 Å². The first-order valence-corrected chi connectivity index (χ1v) is 9.20. The van der Waals surface area contributed by atoms with Crippen LogP contribution in [0.5, 0.6) is 5.75 Å². The maximum absolute atomic E-state index is 13.6. The predicted molar refractivity (Wildman–Crippen MR) is 97.1 cm³/mol. The summed E-state index contributed by atoms with van der Waals surface area (Å²) in [5.41, 5.74) is 1.74. The van der Waals surface area contributed by atoms with E-state index in [1.54, 1.807) is 28.3 Å². The second kappa shape index (κ2) is 6.26. The molecule has 0 N–H and O–H groups in total. The fourth-order valence-electron chi connectivity index (χ4n) is 3.53. The molecule has 1 aromatic carbocycles. The average molecular weight is 358 g/mol. The van der Waals surface area contributed by atoms with Gasteiger partial charge in [0.05, 0.1) is 25.4 Å². The first-order chi connectivity index (χ1) is 12.1. The maximum atomic E-state index is 13.6. The van der Waals surface area contributed by atoms with Crippen molar-refractivity contribution in [2.45, 2.75) is 32.7 Å². The fraction of sp³-hybridized carbons (Fsp3) is 0.368. The molecule has 0 fully saturated rings. The normalized spacial score (nSPS) is 16.8. The predicted octanol–water partition coefficient (Wildman–Crippen LogP) is 3.78. The van der Waals surface area contributed by atoms with Gasteiger partial charge in [0.2, 0.25) is 0 Å². The second-order valence-corrected chi connectivity index (χ2v) is 7.75. The third-order valence-corrected chi connectivity index (χ3v) is 6.03. The molecular formula is C19H19FN2O2S. The van der Waals surface area contributed by atoms with E-state index in [4.69, 9.17) is 4.74 Å². The highest BCUT2D eigenvalue weighted by molar-refractivity contribution is 7.18. The molecule has 0 bridgehead atoms. The van der Waals surface area contributed by atoms with Gasteiger partial charge in [-0.2, -0.15) is 0 Å². The largest absolute Gasteiger partial charge is 0.496 e. The van der Waals surface area contributed by atoms with Crippen molar-refractivity contribution in [2.75, 3.05) is 7.11 Å². The number of halogens is 1. The number of ether oxygens (including phenoxy) is 1. The van der Waals surface area contributed by atoms with Gasteiger partial charge in [-0.3, -0.25) is 9.36 Å². The lowest BCUT2D eigenvalue weighted by Gasteiger charge is -2.17. The van der Waals surface area contributed by atoms with Gasteiger partial charge >= 0.3 is 0 Å². The first-order valence-electron chi connectivity index (χ1n) is 8.39. The van der Waals surface area contributed by atoms with Crippen LogP contribution in [0.25, 0.3) is 10.2 Å². The highest BCUT2D eigenvalue weighted by atomic mass is 32.1. The number of nitrogens with zero attached hydrogens (tertiary/aromatic N) is 2. The molecule has 3 aromatic rings. The lowest BCUT2D eigenvalue weighted by molar-refractivity contribution is 0.406. The van der Waals surface area contributed by atoms with Gasteiger partial charge in [-0.15, -0.1) is 11.3 Å². The molecule has 0 aliphatic heterocycles. The Kier molecular flexibility index (Phi) is 4.07. The summed E-state index contributed by atoms with van der Waals surface area (Å²) in [6, 6.07) is 4.33. The van der Waals surface area contributed by atoms with Gasteiger partial charge in [0, 0.05) is 10.4 Å². The zero-order valence-electron chi connectivity index (χ0n) is 14.2. The minimum Gasteiger partial charge on any atom is -0.496 e. The maximum Gasteiger partial charge on any atom is 0.262 e. The van der Waals surface area contributed by atoms with E-state index in [-0.39, 0.29) is 17.9 Å². The molecule has 0 unspecified atom stereocenters. The van der Waals surface area contributed by atoms with Crippen molar-refractivity contribution in [3.63, 3.8) is 0 Å². The zero-order valence-corrected chi connectivity index (χ0v) is 15.0. The highest BCUT2D eigenvalue weighted by Gasteiger charge is 2.23. The van der Waals surface area contributed by atoms with Gasteiger partial charge in [-0.25, -0.2) is 9.37 Å². The van der Waals surface area contributed by atoms with Crippen molar-refractivity contribution in [1.82, 2.24) is 9.55 Å². The number of rotatable bonds is 3. The summed E-state index contributed by atoms with van der Waals surface area (Å²) < 4.78 is 20.4. The average Bonchev–Trinajstić information content (AvgIpc) is 2.95. The van der Waals surface area contributed by atoms with Crippen LogP contribution in [0.1, 0.15) is 29.3 Å². The zero-order chi connectivity index (χ0) is 17.6. The Labute approximate surface area is 148 Å². The molecule has 0 saturated carbocycles. The molecule has 1 aliphatic carbocycles. The molecule has 2 heterocycles. The monoisotopic (exact) mass is 358 g/mol. The molecular weight excluding hydrogens is 339 g/mol. The summed E-state index contributed by atoms with van der Waals surface area (Å²) in [4.78, 5) is 19.6. The van der Waals surface area contributed by atoms with Crippen molar-refractivity contribution in [2.24, 2.45) is 5.92 Å². The van der Waals surface area contributed by atoms with Crippen LogP contribution >= 0.6 is 11.3 Å². The van der Waals surface area contributed by atoms with E-state index in [1.807, 2.05) is 0 Å². The topological polar surface area (TPSA) is 44.1 Å². The number of aryl methyl sites for hydroxylation is 1. The Balaban J connectivity index is 1.80. The van der Waals surface area contributed by atoms with Crippen molar-refractivity contribution in [3.05, 3.63) is 56.7 Å². The number of methoxy groups -OCH3 is 1. The van der Waals surface area contributed by atoms with Crippen LogP contribution in [0.4, 0.5) is 4.39 Å². The third kappa shape index (κ3) is 2.84. The van der Waals surface area contributed by atoms with E-state index >= 15 is 0 Å². The van der Waals surface area contributed by atoms with E-state index in [2.05, 4.69) is 11.9 Å². The molecule has 0 saturated heterocycles. The number of benzene rings is 1. The Morgan fingerprint density at radius 1 is 1.44 bits per heavy atom. The number of thiophene rings is 1. The second-order valence-electron chi connectivity index (χ2n) is 6.67. The van der Waals surface area contributed by atoms with E-state index in [0.29, 0.717) is 17.2 Å². The Bertz CT molecular complexity index is 1010. The van der Waals surface area contributed by atoms with Crippen LogP contribution in [-0.2, 0) is 19.4 Å². The molecule has 130 valence electrons. The highest BCUT2D eigenvalue weighted by Crippen LogP contribution is 2.35. The lowest BCUT2D eigenvalue weighted by atomic mass is 9.89. The molecule has 0 spiro atoms. The minimum atomic E-state index is -0.347. The molecule has 4 rings (SSSR count). The third-order valence-electron chi connectivity index (χ3n) is 4.87. The molecule has 0 radical (unpaired) electrons. The smallest absolute Gasteiger partial charge is 0.262 e. The summed E-state index contributed by atoms with van der Waals surface area (Å²) in [6.45, 7) is 2.49. The van der Waals surface area contributed by atoms with Crippen molar-refractivity contribution in [1.29, 1.82) is 0 Å². The van der Waals surface area contributed by atoms with Gasteiger partial charge in [0.25, 0.3) is 5.56 Å². The van der Waals surface area contributed by atoms with E-state index < -0.39 is 0 Å². The van der Waals surface area contributed by atoms with Gasteiger partial charge in [-0.05, 0) is 48.9 Å². The Morgan fingerprint density at radius 3 is 3.08 bits per heavy atom. The summed E-state index contributed by atoms with van der Waals surface area (Å²) in [5, 5.41) is 0.741. The SMILES string of the molecule is COc1ccc(F)cc1Cn1cnc2sc3c(c2c1=O)CC[C@H](C)C3. The van der Waals surface area contributed by atoms with Crippen molar-refractivity contribution < 1.29 is 9.13 Å². The van der Waals surface area contributed by atoms with Crippen LogP contribution < -0.4 is 10.3 Å². The van der Waals surface area contributed by atoms with Crippen molar-refractivity contribution in [3.8, 4) is 5.75 Å². The molecule has 1 atom stereocenters. The van der Waals surface area contributed by atoms with Gasteiger partial charge in [-0.1, -0.05) is 6.92 Å². The first kappa shape index (κ1) is 16.3. The number of fused-ring (bicyclic) bond motifs is 3. The van der Waals surface area contributed by atoms with Crippen molar-refractivity contribution >= 4 is 21.6 Å². The number of hydrogen-bond donors (Lipinski definition) is 0. The Morgan fingerprint density at radius 2 is 2.28 bits per heavy atom. The number of aromatic nitrogens is 2. The molecule has 2 aromatic heterocycles. The lowest BCUT2D eigenvalue weighted by Crippen LogP contribution is -2.22. The van der Waals surface area contributed by atoms with Gasteiger partial charge in [0.1, 0.15) is 16.4 Å². The van der Waals surface area contributed by atoms with E-state index in [0.717, 1.165) is 35.0 Å². The Hall–Kier alpha value is -2.21.